The minimum Gasteiger partial charge on any atom is -0.493 e. The Labute approximate surface area is 177 Å². The van der Waals surface area contributed by atoms with Crippen molar-refractivity contribution in [2.24, 2.45) is 5.16 Å². The molecule has 0 spiro atoms. The summed E-state index contributed by atoms with van der Waals surface area (Å²) in [6, 6.07) is 13.3. The monoisotopic (exact) mass is 411 g/mol. The van der Waals surface area contributed by atoms with Crippen molar-refractivity contribution in [1.29, 1.82) is 0 Å². The fourth-order valence-corrected chi connectivity index (χ4v) is 3.32. The number of nitrogens with one attached hydrogen (secondary N) is 1. The molecule has 0 aromatic heterocycles. The summed E-state index contributed by atoms with van der Waals surface area (Å²) in [5, 5.41) is 6.78. The Morgan fingerprint density at radius 2 is 1.73 bits per heavy atom. The van der Waals surface area contributed by atoms with E-state index in [1.807, 2.05) is 30.3 Å². The van der Waals surface area contributed by atoms with Crippen LogP contribution >= 0.6 is 0 Å². The lowest BCUT2D eigenvalue weighted by Gasteiger charge is -2.28. The van der Waals surface area contributed by atoms with Gasteiger partial charge in [0.2, 0.25) is 6.10 Å². The maximum atomic E-state index is 12.4. The van der Waals surface area contributed by atoms with Crippen LogP contribution in [-0.4, -0.2) is 45.5 Å². The Morgan fingerprint density at radius 3 is 2.40 bits per heavy atom. The molecule has 2 aromatic carbocycles. The van der Waals surface area contributed by atoms with Crippen LogP contribution in [0.4, 0.5) is 11.4 Å². The summed E-state index contributed by atoms with van der Waals surface area (Å²) in [5.74, 6) is 0.972. The lowest BCUT2D eigenvalue weighted by atomic mass is 10.1. The molecule has 1 aliphatic heterocycles. The lowest BCUT2D eigenvalue weighted by molar-refractivity contribution is -0.126. The van der Waals surface area contributed by atoms with Gasteiger partial charge in [0.1, 0.15) is 0 Å². The van der Waals surface area contributed by atoms with E-state index in [-0.39, 0.29) is 5.91 Å². The van der Waals surface area contributed by atoms with Gasteiger partial charge in [-0.2, -0.15) is 0 Å². The van der Waals surface area contributed by atoms with Gasteiger partial charge >= 0.3 is 0 Å². The molecule has 3 rings (SSSR count). The number of carbonyl (C=O) groups is 1. The first-order chi connectivity index (χ1) is 14.6. The molecule has 30 heavy (non-hydrogen) atoms. The average Bonchev–Trinajstić information content (AvgIpc) is 2.79. The quantitative estimate of drug-likeness (QED) is 0.524. The number of benzene rings is 2. The fourth-order valence-electron chi connectivity index (χ4n) is 3.32. The molecule has 160 valence electrons. The Balaban J connectivity index is 1.51. The van der Waals surface area contributed by atoms with Crippen LogP contribution in [0.1, 0.15) is 31.7 Å². The number of ether oxygens (including phenoxy) is 2. The molecular weight excluding hydrogens is 382 g/mol. The van der Waals surface area contributed by atoms with Gasteiger partial charge in [0.15, 0.2) is 11.5 Å². The highest BCUT2D eigenvalue weighted by Gasteiger charge is 2.15. The van der Waals surface area contributed by atoms with E-state index in [0.29, 0.717) is 11.5 Å². The van der Waals surface area contributed by atoms with Gasteiger partial charge in [0.05, 0.1) is 20.4 Å². The van der Waals surface area contributed by atoms with Crippen molar-refractivity contribution >= 4 is 23.5 Å². The molecule has 1 atom stereocenters. The van der Waals surface area contributed by atoms with Crippen molar-refractivity contribution in [3.8, 4) is 11.5 Å². The third kappa shape index (κ3) is 5.65. The number of hydrogen-bond acceptors (Lipinski definition) is 6. The zero-order valence-corrected chi connectivity index (χ0v) is 17.8. The van der Waals surface area contributed by atoms with Gasteiger partial charge in [-0.25, -0.2) is 0 Å². The predicted octanol–water partition coefficient (Wildman–Crippen LogP) is 4.07. The second kappa shape index (κ2) is 10.5. The number of rotatable bonds is 8. The summed E-state index contributed by atoms with van der Waals surface area (Å²) in [6.07, 6.45) is 4.56. The van der Waals surface area contributed by atoms with Crippen LogP contribution in [0, 0.1) is 0 Å². The molecule has 1 amide bonds. The van der Waals surface area contributed by atoms with Crippen LogP contribution in [0.25, 0.3) is 0 Å². The summed E-state index contributed by atoms with van der Waals surface area (Å²) in [7, 11) is 3.15. The van der Waals surface area contributed by atoms with Crippen LogP contribution < -0.4 is 19.7 Å². The molecule has 1 saturated heterocycles. The zero-order chi connectivity index (χ0) is 21.3. The van der Waals surface area contributed by atoms with Crippen LogP contribution in [0.2, 0.25) is 0 Å². The highest BCUT2D eigenvalue weighted by molar-refractivity contribution is 5.94. The highest BCUT2D eigenvalue weighted by atomic mass is 16.6. The van der Waals surface area contributed by atoms with Crippen molar-refractivity contribution in [3.05, 3.63) is 48.0 Å². The molecular formula is C23H29N3O4. The first-order valence-corrected chi connectivity index (χ1v) is 10.2. The van der Waals surface area contributed by atoms with E-state index in [0.717, 1.165) is 24.3 Å². The average molecular weight is 412 g/mol. The van der Waals surface area contributed by atoms with E-state index in [4.69, 9.17) is 14.3 Å². The fraction of sp³-hybridized carbons (Fsp3) is 0.391. The van der Waals surface area contributed by atoms with E-state index >= 15 is 0 Å². The largest absolute Gasteiger partial charge is 0.493 e. The normalized spacial score (nSPS) is 15.0. The summed E-state index contributed by atoms with van der Waals surface area (Å²) < 4.78 is 10.5. The number of carbonyl (C=O) groups excluding carboxylic acids is 1. The van der Waals surface area contributed by atoms with Crippen molar-refractivity contribution in [1.82, 2.24) is 0 Å². The number of oxime groups is 1. The summed E-state index contributed by atoms with van der Waals surface area (Å²) >= 11 is 0. The van der Waals surface area contributed by atoms with E-state index < -0.39 is 6.10 Å². The van der Waals surface area contributed by atoms with Crippen molar-refractivity contribution in [3.63, 3.8) is 0 Å². The molecule has 1 heterocycles. The Kier molecular flexibility index (Phi) is 7.54. The topological polar surface area (TPSA) is 72.4 Å². The van der Waals surface area contributed by atoms with Gasteiger partial charge in [-0.3, -0.25) is 4.79 Å². The van der Waals surface area contributed by atoms with Crippen LogP contribution in [0.3, 0.4) is 0 Å². The van der Waals surface area contributed by atoms with Gasteiger partial charge in [0, 0.05) is 30.0 Å². The number of hydrogen-bond donors (Lipinski definition) is 1. The van der Waals surface area contributed by atoms with Gasteiger partial charge in [-0.05, 0) is 68.7 Å². The number of nitrogens with zero attached hydrogens (tertiary/aromatic N) is 2. The third-order valence-electron chi connectivity index (χ3n) is 5.05. The molecule has 1 unspecified atom stereocenters. The molecule has 0 radical (unpaired) electrons. The van der Waals surface area contributed by atoms with Crippen LogP contribution in [0.5, 0.6) is 11.5 Å². The molecule has 1 aliphatic rings. The van der Waals surface area contributed by atoms with E-state index in [1.165, 1.54) is 31.2 Å². The summed E-state index contributed by atoms with van der Waals surface area (Å²) in [6.45, 7) is 3.84. The highest BCUT2D eigenvalue weighted by Crippen LogP contribution is 2.27. The number of methoxy groups -OCH3 is 2. The second-order valence-corrected chi connectivity index (χ2v) is 7.18. The van der Waals surface area contributed by atoms with Gasteiger partial charge in [-0.15, -0.1) is 0 Å². The summed E-state index contributed by atoms with van der Waals surface area (Å²) in [5.41, 5.74) is 2.70. The Bertz CT molecular complexity index is 861. The van der Waals surface area contributed by atoms with Crippen molar-refractivity contribution < 1.29 is 19.1 Å². The molecule has 0 aliphatic carbocycles. The van der Waals surface area contributed by atoms with E-state index in [2.05, 4.69) is 15.4 Å². The Morgan fingerprint density at radius 1 is 1.03 bits per heavy atom. The number of anilines is 2. The summed E-state index contributed by atoms with van der Waals surface area (Å²) in [4.78, 5) is 20.1. The van der Waals surface area contributed by atoms with Crippen LogP contribution in [-0.2, 0) is 9.63 Å². The standard InChI is InChI=1S/C23H29N3O4/c1-17(30-24-16-18-7-12-21(28-2)22(15-18)29-3)23(27)25-19-8-10-20(11-9-19)26-13-5-4-6-14-26/h7-12,15-17H,4-6,13-14H2,1-3H3,(H,25,27)/b24-16+. The number of piperidine rings is 1. The molecule has 0 bridgehead atoms. The van der Waals surface area contributed by atoms with Gasteiger partial charge < -0.3 is 24.5 Å². The van der Waals surface area contributed by atoms with Crippen molar-refractivity contribution in [2.45, 2.75) is 32.3 Å². The van der Waals surface area contributed by atoms with Gasteiger partial charge in [0.25, 0.3) is 5.91 Å². The van der Waals surface area contributed by atoms with E-state index in [1.54, 1.807) is 33.3 Å². The van der Waals surface area contributed by atoms with E-state index in [9.17, 15) is 4.79 Å². The SMILES string of the molecule is COc1ccc(/C=N/OC(C)C(=O)Nc2ccc(N3CCCCC3)cc2)cc1OC. The third-order valence-corrected chi connectivity index (χ3v) is 5.05. The first kappa shape index (κ1) is 21.5. The van der Waals surface area contributed by atoms with Crippen LogP contribution in [0.15, 0.2) is 47.6 Å². The minimum atomic E-state index is -0.733. The Hall–Kier alpha value is -3.22. The minimum absolute atomic E-state index is 0.259. The molecule has 7 nitrogen and oxygen atoms in total. The van der Waals surface area contributed by atoms with Crippen molar-refractivity contribution in [2.75, 3.05) is 37.5 Å². The predicted molar refractivity (Wildman–Crippen MR) is 119 cm³/mol. The lowest BCUT2D eigenvalue weighted by Crippen LogP contribution is -2.29. The maximum Gasteiger partial charge on any atom is 0.267 e. The first-order valence-electron chi connectivity index (χ1n) is 10.2. The molecule has 1 N–H and O–H groups in total. The van der Waals surface area contributed by atoms with Gasteiger partial charge in [-0.1, -0.05) is 5.16 Å². The maximum absolute atomic E-state index is 12.4. The zero-order valence-electron chi connectivity index (χ0n) is 17.8. The molecule has 0 saturated carbocycles. The second-order valence-electron chi connectivity index (χ2n) is 7.18. The molecule has 7 heteroatoms. The number of amides is 1. The molecule has 2 aromatic rings. The smallest absolute Gasteiger partial charge is 0.267 e. The molecule has 1 fully saturated rings.